The standard InChI is InChI=1S/C12H8BrN5/c13-7-1-3-8(4-2-7)18-10(6-15)11(16)9(5-14)12(18)17/h1-4H,16-17H2. The van der Waals surface area contributed by atoms with E-state index in [0.717, 1.165) is 4.47 Å². The Morgan fingerprint density at radius 1 is 1.06 bits per heavy atom. The Morgan fingerprint density at radius 2 is 1.67 bits per heavy atom. The molecule has 0 saturated heterocycles. The highest BCUT2D eigenvalue weighted by atomic mass is 79.9. The van der Waals surface area contributed by atoms with Gasteiger partial charge in [0, 0.05) is 10.2 Å². The van der Waals surface area contributed by atoms with Gasteiger partial charge in [0.05, 0.1) is 5.69 Å². The SMILES string of the molecule is N#Cc1c(N)c(C#N)n(-c2ccc(Br)cc2)c1N. The van der Waals surface area contributed by atoms with Gasteiger partial charge in [-0.2, -0.15) is 10.5 Å². The van der Waals surface area contributed by atoms with Crippen LogP contribution in [0.5, 0.6) is 0 Å². The lowest BCUT2D eigenvalue weighted by molar-refractivity contribution is 1.06. The molecule has 4 N–H and O–H groups in total. The first kappa shape index (κ1) is 12.0. The van der Waals surface area contributed by atoms with Gasteiger partial charge in [-0.1, -0.05) is 15.9 Å². The predicted octanol–water partition coefficient (Wildman–Crippen LogP) is 2.15. The second kappa shape index (κ2) is 4.44. The van der Waals surface area contributed by atoms with Gasteiger partial charge in [0.25, 0.3) is 0 Å². The van der Waals surface area contributed by atoms with Crippen LogP contribution in [0.3, 0.4) is 0 Å². The van der Waals surface area contributed by atoms with Gasteiger partial charge in [-0.25, -0.2) is 0 Å². The molecule has 0 spiro atoms. The fraction of sp³-hybridized carbons (Fsp3) is 0. The van der Waals surface area contributed by atoms with Gasteiger partial charge < -0.3 is 11.5 Å². The zero-order chi connectivity index (χ0) is 13.3. The minimum Gasteiger partial charge on any atom is -0.395 e. The van der Waals surface area contributed by atoms with Gasteiger partial charge >= 0.3 is 0 Å². The molecule has 0 radical (unpaired) electrons. The predicted molar refractivity (Wildman–Crippen MR) is 71.7 cm³/mol. The van der Waals surface area contributed by atoms with E-state index in [1.807, 2.05) is 24.3 Å². The first-order valence-corrected chi connectivity index (χ1v) is 5.75. The number of hydrogen-bond donors (Lipinski definition) is 2. The van der Waals surface area contributed by atoms with Crippen molar-refractivity contribution < 1.29 is 0 Å². The van der Waals surface area contributed by atoms with E-state index in [1.165, 1.54) is 4.57 Å². The van der Waals surface area contributed by atoms with Crippen LogP contribution in [-0.4, -0.2) is 4.57 Å². The molecule has 6 heteroatoms. The summed E-state index contributed by atoms with van der Waals surface area (Å²) in [5.74, 6) is 0.175. The molecule has 1 heterocycles. The van der Waals surface area contributed by atoms with Crippen molar-refractivity contribution in [3.8, 4) is 17.8 Å². The van der Waals surface area contributed by atoms with Gasteiger partial charge in [0.2, 0.25) is 0 Å². The molecule has 0 atom stereocenters. The molecule has 0 bridgehead atoms. The zero-order valence-corrected chi connectivity index (χ0v) is 10.8. The molecular weight excluding hydrogens is 294 g/mol. The lowest BCUT2D eigenvalue weighted by Crippen LogP contribution is -2.03. The molecule has 1 aromatic heterocycles. The zero-order valence-electron chi connectivity index (χ0n) is 9.18. The van der Waals surface area contributed by atoms with Gasteiger partial charge in [-0.05, 0) is 24.3 Å². The molecule has 5 nitrogen and oxygen atoms in total. The van der Waals surface area contributed by atoms with Crippen LogP contribution < -0.4 is 11.5 Å². The van der Waals surface area contributed by atoms with Crippen LogP contribution in [0, 0.1) is 22.7 Å². The molecule has 0 aliphatic heterocycles. The van der Waals surface area contributed by atoms with Crippen LogP contribution in [0.25, 0.3) is 5.69 Å². The van der Waals surface area contributed by atoms with Crippen LogP contribution in [0.4, 0.5) is 11.5 Å². The Kier molecular flexibility index (Phi) is 2.97. The second-order valence-corrected chi connectivity index (χ2v) is 4.47. The van der Waals surface area contributed by atoms with Crippen molar-refractivity contribution in [3.05, 3.63) is 40.0 Å². The van der Waals surface area contributed by atoms with E-state index >= 15 is 0 Å². The topological polar surface area (TPSA) is 105 Å². The van der Waals surface area contributed by atoms with Crippen molar-refractivity contribution in [2.24, 2.45) is 0 Å². The van der Waals surface area contributed by atoms with Gasteiger partial charge in [-0.15, -0.1) is 0 Å². The third-order valence-electron chi connectivity index (χ3n) is 2.55. The van der Waals surface area contributed by atoms with Crippen molar-refractivity contribution >= 4 is 27.4 Å². The summed E-state index contributed by atoms with van der Waals surface area (Å²) in [6.07, 6.45) is 0. The lowest BCUT2D eigenvalue weighted by Gasteiger charge is -2.07. The van der Waals surface area contributed by atoms with Crippen molar-refractivity contribution in [2.45, 2.75) is 0 Å². The maximum absolute atomic E-state index is 9.12. The molecule has 0 aliphatic carbocycles. The number of benzene rings is 1. The summed E-state index contributed by atoms with van der Waals surface area (Å²) in [5.41, 5.74) is 12.7. The number of nitrogens with two attached hydrogens (primary N) is 2. The fourth-order valence-corrected chi connectivity index (χ4v) is 1.96. The Labute approximate surface area is 112 Å². The first-order valence-electron chi connectivity index (χ1n) is 4.96. The monoisotopic (exact) mass is 301 g/mol. The first-order chi connectivity index (χ1) is 8.60. The van der Waals surface area contributed by atoms with Crippen molar-refractivity contribution in [1.29, 1.82) is 10.5 Å². The van der Waals surface area contributed by atoms with Crippen LogP contribution in [0.15, 0.2) is 28.7 Å². The van der Waals surface area contributed by atoms with E-state index in [0.29, 0.717) is 5.69 Å². The quantitative estimate of drug-likeness (QED) is 0.842. The Balaban J connectivity index is 2.76. The van der Waals surface area contributed by atoms with Crippen LogP contribution >= 0.6 is 15.9 Å². The average molecular weight is 302 g/mol. The molecule has 0 fully saturated rings. The van der Waals surface area contributed by atoms with E-state index in [-0.39, 0.29) is 22.8 Å². The molecule has 2 rings (SSSR count). The Bertz CT molecular complexity index is 685. The molecule has 0 unspecified atom stereocenters. The van der Waals surface area contributed by atoms with E-state index in [9.17, 15) is 0 Å². The maximum Gasteiger partial charge on any atom is 0.151 e. The fourth-order valence-electron chi connectivity index (χ4n) is 1.70. The second-order valence-electron chi connectivity index (χ2n) is 3.56. The van der Waals surface area contributed by atoms with Crippen LogP contribution in [0.2, 0.25) is 0 Å². The van der Waals surface area contributed by atoms with Crippen molar-refractivity contribution in [2.75, 3.05) is 11.5 Å². The highest BCUT2D eigenvalue weighted by molar-refractivity contribution is 9.10. The normalized spacial score (nSPS) is 9.72. The minimum atomic E-state index is 0.111. The minimum absolute atomic E-state index is 0.111. The summed E-state index contributed by atoms with van der Waals surface area (Å²) in [4.78, 5) is 0. The maximum atomic E-state index is 9.12. The molecule has 18 heavy (non-hydrogen) atoms. The molecule has 0 saturated carbocycles. The Hall–Kier alpha value is -2.44. The molecule has 0 aliphatic rings. The van der Waals surface area contributed by atoms with Gasteiger partial charge in [0.15, 0.2) is 5.69 Å². The summed E-state index contributed by atoms with van der Waals surface area (Å²) >= 11 is 3.32. The van der Waals surface area contributed by atoms with Gasteiger partial charge in [0.1, 0.15) is 23.5 Å². The summed E-state index contributed by atoms with van der Waals surface area (Å²) in [5, 5.41) is 18.1. The smallest absolute Gasteiger partial charge is 0.151 e. The largest absolute Gasteiger partial charge is 0.395 e. The van der Waals surface area contributed by atoms with Crippen LogP contribution in [0.1, 0.15) is 11.3 Å². The van der Waals surface area contributed by atoms with E-state index in [1.54, 1.807) is 12.1 Å². The number of anilines is 2. The number of rotatable bonds is 1. The molecule has 1 aromatic carbocycles. The molecule has 2 aromatic rings. The summed E-state index contributed by atoms with van der Waals surface area (Å²) in [7, 11) is 0. The van der Waals surface area contributed by atoms with Crippen molar-refractivity contribution in [3.63, 3.8) is 0 Å². The average Bonchev–Trinajstić information content (AvgIpc) is 2.61. The third-order valence-corrected chi connectivity index (χ3v) is 3.08. The Morgan fingerprint density at radius 3 is 2.17 bits per heavy atom. The highest BCUT2D eigenvalue weighted by Crippen LogP contribution is 2.30. The number of nitriles is 2. The van der Waals surface area contributed by atoms with Crippen LogP contribution in [-0.2, 0) is 0 Å². The lowest BCUT2D eigenvalue weighted by atomic mass is 10.2. The van der Waals surface area contributed by atoms with E-state index < -0.39 is 0 Å². The van der Waals surface area contributed by atoms with Gasteiger partial charge in [-0.3, -0.25) is 4.57 Å². The summed E-state index contributed by atoms with van der Waals surface area (Å²) in [6, 6.07) is 11.1. The third kappa shape index (κ3) is 1.69. The number of nitrogens with zero attached hydrogens (tertiary/aromatic N) is 3. The van der Waals surface area contributed by atoms with Crippen molar-refractivity contribution in [1.82, 2.24) is 4.57 Å². The number of hydrogen-bond acceptors (Lipinski definition) is 4. The molecule has 0 amide bonds. The molecule has 88 valence electrons. The summed E-state index contributed by atoms with van der Waals surface area (Å²) in [6.45, 7) is 0. The number of halogens is 1. The molecular formula is C12H8BrN5. The highest BCUT2D eigenvalue weighted by Gasteiger charge is 2.19. The summed E-state index contributed by atoms with van der Waals surface area (Å²) < 4.78 is 2.38. The van der Waals surface area contributed by atoms with E-state index in [4.69, 9.17) is 22.0 Å². The number of nitrogen functional groups attached to an aromatic ring is 2. The number of aromatic nitrogens is 1. The van der Waals surface area contributed by atoms with E-state index in [2.05, 4.69) is 15.9 Å².